The highest BCUT2D eigenvalue weighted by Crippen LogP contribution is 2.21. The standard InChI is InChI=1S/C18H24N4O2.HI/c1-3-19-18(22-9-8-15(23)12-22)21-11-17-20-10-16(24-17)14-6-4-13(2)5-7-14;/h4-7,10,15,23H,3,8-9,11-12H2,1-2H3,(H,19,21);1H/t15-;/m1./s1. The van der Waals surface area contributed by atoms with Crippen LogP contribution in [0.5, 0.6) is 0 Å². The number of aliphatic hydroxyl groups excluding tert-OH is 1. The first-order valence-electron chi connectivity index (χ1n) is 8.38. The quantitative estimate of drug-likeness (QED) is 0.421. The molecule has 2 N–H and O–H groups in total. The van der Waals surface area contributed by atoms with Crippen LogP contribution in [0.15, 0.2) is 39.9 Å². The van der Waals surface area contributed by atoms with Crippen molar-refractivity contribution in [1.82, 2.24) is 15.2 Å². The summed E-state index contributed by atoms with van der Waals surface area (Å²) in [6.45, 7) is 6.68. The first kappa shape index (κ1) is 19.7. The lowest BCUT2D eigenvalue weighted by Gasteiger charge is -2.20. The van der Waals surface area contributed by atoms with Crippen molar-refractivity contribution >= 4 is 29.9 Å². The van der Waals surface area contributed by atoms with Gasteiger partial charge in [-0.15, -0.1) is 24.0 Å². The summed E-state index contributed by atoms with van der Waals surface area (Å²) in [5.74, 6) is 2.13. The molecule has 0 unspecified atom stereocenters. The fraction of sp³-hybridized carbons (Fsp3) is 0.444. The van der Waals surface area contributed by atoms with Crippen molar-refractivity contribution in [3.63, 3.8) is 0 Å². The molecule has 0 bridgehead atoms. The van der Waals surface area contributed by atoms with Crippen molar-refractivity contribution in [2.75, 3.05) is 19.6 Å². The van der Waals surface area contributed by atoms with E-state index in [0.29, 0.717) is 19.0 Å². The molecule has 0 saturated carbocycles. The minimum Gasteiger partial charge on any atom is -0.439 e. The molecule has 1 saturated heterocycles. The summed E-state index contributed by atoms with van der Waals surface area (Å²) in [4.78, 5) is 11.0. The Morgan fingerprint density at radius 3 is 2.80 bits per heavy atom. The van der Waals surface area contributed by atoms with Crippen LogP contribution in [0.3, 0.4) is 0 Å². The Hall–Kier alpha value is -1.61. The molecule has 7 heteroatoms. The molecule has 25 heavy (non-hydrogen) atoms. The molecule has 1 fully saturated rings. The zero-order valence-corrected chi connectivity index (χ0v) is 16.9. The lowest BCUT2D eigenvalue weighted by molar-refractivity contribution is 0.187. The van der Waals surface area contributed by atoms with Gasteiger partial charge in [-0.2, -0.15) is 0 Å². The molecule has 1 aromatic carbocycles. The smallest absolute Gasteiger partial charge is 0.216 e. The first-order chi connectivity index (χ1) is 11.7. The molecular weight excluding hydrogens is 431 g/mol. The molecule has 2 heterocycles. The summed E-state index contributed by atoms with van der Waals surface area (Å²) in [7, 11) is 0. The summed E-state index contributed by atoms with van der Waals surface area (Å²) >= 11 is 0. The zero-order valence-electron chi connectivity index (χ0n) is 14.6. The van der Waals surface area contributed by atoms with E-state index in [9.17, 15) is 5.11 Å². The van der Waals surface area contributed by atoms with E-state index in [0.717, 1.165) is 36.8 Å². The van der Waals surface area contributed by atoms with Crippen LogP contribution in [-0.2, 0) is 6.54 Å². The van der Waals surface area contributed by atoms with Crippen LogP contribution < -0.4 is 5.32 Å². The highest BCUT2D eigenvalue weighted by molar-refractivity contribution is 14.0. The number of likely N-dealkylation sites (tertiary alicyclic amines) is 1. The van der Waals surface area contributed by atoms with Gasteiger partial charge >= 0.3 is 0 Å². The number of nitrogens with one attached hydrogen (secondary N) is 1. The van der Waals surface area contributed by atoms with Crippen LogP contribution in [-0.4, -0.2) is 46.7 Å². The van der Waals surface area contributed by atoms with Crippen LogP contribution in [0.4, 0.5) is 0 Å². The minimum atomic E-state index is -0.274. The number of aliphatic hydroxyl groups is 1. The van der Waals surface area contributed by atoms with Gasteiger partial charge in [-0.3, -0.25) is 0 Å². The number of guanidine groups is 1. The van der Waals surface area contributed by atoms with E-state index in [1.165, 1.54) is 5.56 Å². The third-order valence-corrected chi connectivity index (χ3v) is 4.05. The highest BCUT2D eigenvalue weighted by Gasteiger charge is 2.22. The fourth-order valence-electron chi connectivity index (χ4n) is 2.74. The van der Waals surface area contributed by atoms with Crippen molar-refractivity contribution in [3.05, 3.63) is 41.9 Å². The SMILES string of the molecule is CCNC(=NCc1ncc(-c2ccc(C)cc2)o1)N1CC[C@@H](O)C1.I. The Morgan fingerprint density at radius 2 is 2.16 bits per heavy atom. The van der Waals surface area contributed by atoms with Gasteiger partial charge in [-0.05, 0) is 20.3 Å². The van der Waals surface area contributed by atoms with Crippen molar-refractivity contribution in [1.29, 1.82) is 0 Å². The van der Waals surface area contributed by atoms with E-state index in [1.807, 2.05) is 19.1 Å². The normalized spacial score (nSPS) is 17.5. The maximum absolute atomic E-state index is 9.70. The van der Waals surface area contributed by atoms with Crippen molar-refractivity contribution in [3.8, 4) is 11.3 Å². The molecule has 136 valence electrons. The molecule has 1 atom stereocenters. The third-order valence-electron chi connectivity index (χ3n) is 4.05. The fourth-order valence-corrected chi connectivity index (χ4v) is 2.74. The Balaban J connectivity index is 0.00000225. The number of hydrogen-bond donors (Lipinski definition) is 2. The van der Waals surface area contributed by atoms with Gasteiger partial charge in [0.15, 0.2) is 11.7 Å². The number of aliphatic imine (C=N–C) groups is 1. The molecule has 0 aliphatic carbocycles. The van der Waals surface area contributed by atoms with Crippen LogP contribution in [0, 0.1) is 6.92 Å². The molecule has 3 rings (SSSR count). The summed E-state index contributed by atoms with van der Waals surface area (Å²) in [6.07, 6.45) is 2.24. The second-order valence-electron chi connectivity index (χ2n) is 6.04. The Morgan fingerprint density at radius 1 is 1.40 bits per heavy atom. The molecule has 0 spiro atoms. The van der Waals surface area contributed by atoms with Gasteiger partial charge in [0.05, 0.1) is 12.3 Å². The van der Waals surface area contributed by atoms with E-state index in [4.69, 9.17) is 4.42 Å². The maximum Gasteiger partial charge on any atom is 0.216 e. The largest absolute Gasteiger partial charge is 0.439 e. The average Bonchev–Trinajstić information content (AvgIpc) is 3.21. The lowest BCUT2D eigenvalue weighted by atomic mass is 10.1. The Bertz CT molecular complexity index is 699. The van der Waals surface area contributed by atoms with Gasteiger partial charge in [0.1, 0.15) is 6.54 Å². The van der Waals surface area contributed by atoms with Gasteiger partial charge in [0.25, 0.3) is 0 Å². The first-order valence-corrected chi connectivity index (χ1v) is 8.38. The summed E-state index contributed by atoms with van der Waals surface area (Å²) < 4.78 is 5.81. The molecular formula is C18H25IN4O2. The number of hydrogen-bond acceptors (Lipinski definition) is 4. The van der Waals surface area contributed by atoms with Crippen LogP contribution in [0.2, 0.25) is 0 Å². The number of benzene rings is 1. The van der Waals surface area contributed by atoms with Crippen LogP contribution in [0.1, 0.15) is 24.8 Å². The predicted molar refractivity (Wildman–Crippen MR) is 109 cm³/mol. The van der Waals surface area contributed by atoms with E-state index < -0.39 is 0 Å². The minimum absolute atomic E-state index is 0. The van der Waals surface area contributed by atoms with Crippen molar-refractivity contribution < 1.29 is 9.52 Å². The monoisotopic (exact) mass is 456 g/mol. The van der Waals surface area contributed by atoms with E-state index in [2.05, 4.69) is 39.2 Å². The van der Waals surface area contributed by atoms with Crippen molar-refractivity contribution in [2.24, 2.45) is 4.99 Å². The van der Waals surface area contributed by atoms with E-state index >= 15 is 0 Å². The molecule has 0 amide bonds. The molecule has 1 aliphatic heterocycles. The molecule has 2 aromatic rings. The predicted octanol–water partition coefficient (Wildman–Crippen LogP) is 2.80. The zero-order chi connectivity index (χ0) is 16.9. The Labute approximate surface area is 165 Å². The van der Waals surface area contributed by atoms with Crippen molar-refractivity contribution in [2.45, 2.75) is 32.9 Å². The topological polar surface area (TPSA) is 73.9 Å². The summed E-state index contributed by atoms with van der Waals surface area (Å²) in [5, 5.41) is 13.0. The second kappa shape index (κ2) is 9.19. The highest BCUT2D eigenvalue weighted by atomic mass is 127. The van der Waals surface area contributed by atoms with E-state index in [-0.39, 0.29) is 30.1 Å². The molecule has 1 aromatic heterocycles. The second-order valence-corrected chi connectivity index (χ2v) is 6.04. The third kappa shape index (κ3) is 5.18. The van der Waals surface area contributed by atoms with Crippen LogP contribution >= 0.6 is 24.0 Å². The van der Waals surface area contributed by atoms with Gasteiger partial charge in [0.2, 0.25) is 5.89 Å². The Kier molecular flexibility index (Phi) is 7.24. The number of aromatic nitrogens is 1. The number of β-amino-alcohol motifs (C(OH)–C–C–N with tert-alkyl or cyclic N) is 1. The summed E-state index contributed by atoms with van der Waals surface area (Å²) in [6, 6.07) is 8.16. The number of oxazole rings is 1. The number of rotatable bonds is 4. The molecule has 6 nitrogen and oxygen atoms in total. The van der Waals surface area contributed by atoms with Gasteiger partial charge < -0.3 is 19.7 Å². The van der Waals surface area contributed by atoms with Crippen LogP contribution in [0.25, 0.3) is 11.3 Å². The number of halogens is 1. The van der Waals surface area contributed by atoms with Gasteiger partial charge in [-0.25, -0.2) is 9.98 Å². The number of nitrogens with zero attached hydrogens (tertiary/aromatic N) is 3. The van der Waals surface area contributed by atoms with Gasteiger partial charge in [-0.1, -0.05) is 29.8 Å². The molecule has 0 radical (unpaired) electrons. The maximum atomic E-state index is 9.70. The summed E-state index contributed by atoms with van der Waals surface area (Å²) in [5.41, 5.74) is 2.23. The lowest BCUT2D eigenvalue weighted by Crippen LogP contribution is -2.40. The number of aryl methyl sites for hydroxylation is 1. The molecule has 1 aliphatic rings. The van der Waals surface area contributed by atoms with E-state index in [1.54, 1.807) is 6.20 Å². The van der Waals surface area contributed by atoms with Gasteiger partial charge in [0, 0.05) is 25.2 Å². The average molecular weight is 456 g/mol.